The number of hydrogen-bond acceptors (Lipinski definition) is 0. The van der Waals surface area contributed by atoms with Crippen molar-refractivity contribution in [2.45, 2.75) is 72.6 Å². The zero-order chi connectivity index (χ0) is 13.0. The van der Waals surface area contributed by atoms with E-state index < -0.39 is 0 Å². The Morgan fingerprint density at radius 2 is 1.89 bits per heavy atom. The fourth-order valence-electron chi connectivity index (χ4n) is 5.52. The van der Waals surface area contributed by atoms with Gasteiger partial charge in [-0.05, 0) is 60.7 Å². The lowest BCUT2D eigenvalue weighted by atomic mass is 9.50. The van der Waals surface area contributed by atoms with Crippen LogP contribution in [0.5, 0.6) is 0 Å². The van der Waals surface area contributed by atoms with Crippen LogP contribution in [0.15, 0.2) is 11.6 Å². The molecule has 2 saturated carbocycles. The number of hydrogen-bond donors (Lipinski definition) is 0. The van der Waals surface area contributed by atoms with Crippen LogP contribution in [0.1, 0.15) is 72.6 Å². The van der Waals surface area contributed by atoms with E-state index in [9.17, 15) is 0 Å². The lowest BCUT2D eigenvalue weighted by Crippen LogP contribution is -2.45. The monoisotopic (exact) mass is 246 g/mol. The van der Waals surface area contributed by atoms with E-state index in [1.54, 1.807) is 0 Å². The average Bonchev–Trinajstić information content (AvgIpc) is 2.26. The third-order valence-electron chi connectivity index (χ3n) is 6.46. The summed E-state index contributed by atoms with van der Waals surface area (Å²) < 4.78 is 0. The zero-order valence-corrected chi connectivity index (χ0v) is 12.8. The highest BCUT2D eigenvalue weighted by atomic mass is 14.5. The second-order valence-electron chi connectivity index (χ2n) is 8.40. The molecule has 4 atom stereocenters. The first-order valence-corrected chi connectivity index (χ1v) is 8.13. The van der Waals surface area contributed by atoms with Crippen LogP contribution in [0.25, 0.3) is 0 Å². The topological polar surface area (TPSA) is 0 Å². The summed E-state index contributed by atoms with van der Waals surface area (Å²) in [6, 6.07) is 0. The maximum absolute atomic E-state index is 2.67. The molecule has 102 valence electrons. The van der Waals surface area contributed by atoms with Crippen molar-refractivity contribution in [3.8, 4) is 0 Å². The van der Waals surface area contributed by atoms with Gasteiger partial charge >= 0.3 is 0 Å². The Bertz CT molecular complexity index is 362. The molecule has 3 aliphatic rings. The van der Waals surface area contributed by atoms with E-state index >= 15 is 0 Å². The highest BCUT2D eigenvalue weighted by molar-refractivity contribution is 5.25. The van der Waals surface area contributed by atoms with Crippen LogP contribution in [0.4, 0.5) is 0 Å². The summed E-state index contributed by atoms with van der Waals surface area (Å²) >= 11 is 0. The van der Waals surface area contributed by atoms with Gasteiger partial charge in [-0.3, -0.25) is 0 Å². The van der Waals surface area contributed by atoms with Crippen molar-refractivity contribution >= 4 is 0 Å². The highest BCUT2D eigenvalue weighted by Crippen LogP contribution is 2.60. The molecule has 2 fully saturated rings. The summed E-state index contributed by atoms with van der Waals surface area (Å²) in [4.78, 5) is 0. The molecule has 0 bridgehead atoms. The molecule has 3 rings (SSSR count). The van der Waals surface area contributed by atoms with Crippen molar-refractivity contribution in [2.24, 2.45) is 28.6 Å². The van der Waals surface area contributed by atoms with Gasteiger partial charge in [0.05, 0.1) is 0 Å². The Morgan fingerprint density at radius 1 is 1.11 bits per heavy atom. The number of rotatable bonds is 0. The predicted molar refractivity (Wildman–Crippen MR) is 78.4 cm³/mol. The molecule has 18 heavy (non-hydrogen) atoms. The minimum Gasteiger partial charge on any atom is -0.0840 e. The van der Waals surface area contributed by atoms with Crippen molar-refractivity contribution in [3.63, 3.8) is 0 Å². The number of allylic oxidation sites excluding steroid dienone is 2. The molecular weight excluding hydrogens is 216 g/mol. The van der Waals surface area contributed by atoms with Crippen LogP contribution >= 0.6 is 0 Å². The fourth-order valence-corrected chi connectivity index (χ4v) is 5.52. The maximum atomic E-state index is 2.67. The first kappa shape index (κ1) is 12.8. The molecule has 0 amide bonds. The van der Waals surface area contributed by atoms with Gasteiger partial charge in [-0.25, -0.2) is 0 Å². The van der Waals surface area contributed by atoms with E-state index in [0.717, 1.165) is 17.8 Å². The summed E-state index contributed by atoms with van der Waals surface area (Å²) in [5, 5.41) is 0. The van der Waals surface area contributed by atoms with Crippen LogP contribution in [0, 0.1) is 28.6 Å². The molecule has 0 aromatic carbocycles. The summed E-state index contributed by atoms with van der Waals surface area (Å²) in [6.45, 7) is 10.0. The lowest BCUT2D eigenvalue weighted by molar-refractivity contribution is 0.0373. The summed E-state index contributed by atoms with van der Waals surface area (Å²) in [7, 11) is 0. The Balaban J connectivity index is 1.94. The maximum Gasteiger partial charge on any atom is -0.00828 e. The van der Waals surface area contributed by atoms with Gasteiger partial charge in [0.2, 0.25) is 0 Å². The molecule has 0 heterocycles. The van der Waals surface area contributed by atoms with Crippen molar-refractivity contribution < 1.29 is 0 Å². The zero-order valence-electron chi connectivity index (χ0n) is 12.8. The van der Waals surface area contributed by atoms with Gasteiger partial charge in [-0.15, -0.1) is 0 Å². The third-order valence-corrected chi connectivity index (χ3v) is 6.46. The summed E-state index contributed by atoms with van der Waals surface area (Å²) in [5.74, 6) is 2.86. The molecule has 0 saturated heterocycles. The Hall–Kier alpha value is -0.260. The van der Waals surface area contributed by atoms with E-state index in [1.165, 1.54) is 44.9 Å². The Morgan fingerprint density at radius 3 is 2.67 bits per heavy atom. The Kier molecular flexibility index (Phi) is 2.92. The van der Waals surface area contributed by atoms with Crippen molar-refractivity contribution in [2.75, 3.05) is 0 Å². The quantitative estimate of drug-likeness (QED) is 0.489. The van der Waals surface area contributed by atoms with E-state index in [4.69, 9.17) is 0 Å². The van der Waals surface area contributed by atoms with Gasteiger partial charge < -0.3 is 0 Å². The fraction of sp³-hybridized carbons (Fsp3) is 0.889. The molecule has 0 N–H and O–H groups in total. The minimum absolute atomic E-state index is 0.553. The Labute approximate surface area is 113 Å². The van der Waals surface area contributed by atoms with Gasteiger partial charge in [0, 0.05) is 0 Å². The highest BCUT2D eigenvalue weighted by Gasteiger charge is 2.49. The van der Waals surface area contributed by atoms with E-state index in [-0.39, 0.29) is 0 Å². The molecule has 0 radical (unpaired) electrons. The van der Waals surface area contributed by atoms with Gasteiger partial charge in [0.1, 0.15) is 0 Å². The van der Waals surface area contributed by atoms with Crippen LogP contribution in [-0.2, 0) is 0 Å². The van der Waals surface area contributed by atoms with Crippen LogP contribution < -0.4 is 0 Å². The van der Waals surface area contributed by atoms with E-state index in [0.29, 0.717) is 10.8 Å². The number of fused-ring (bicyclic) bond motifs is 3. The normalized spacial score (nSPS) is 46.9. The second-order valence-corrected chi connectivity index (χ2v) is 8.40. The van der Waals surface area contributed by atoms with Crippen LogP contribution in [-0.4, -0.2) is 0 Å². The largest absolute Gasteiger partial charge is 0.0840 e. The molecule has 0 aromatic rings. The standard InChI is InChI=1S/C18H30/c1-13-6-5-10-18(4)15(13)8-7-14-12-17(2,3)11-9-16(14)18/h9,13-15H,5-8,10-12H2,1-4H3/t13-,14?,15?,18+/m0/s1. The van der Waals surface area contributed by atoms with E-state index in [2.05, 4.69) is 33.8 Å². The van der Waals surface area contributed by atoms with E-state index in [1.807, 2.05) is 5.57 Å². The molecule has 0 aliphatic heterocycles. The van der Waals surface area contributed by atoms with Crippen molar-refractivity contribution in [3.05, 3.63) is 11.6 Å². The van der Waals surface area contributed by atoms with Crippen LogP contribution in [0.2, 0.25) is 0 Å². The molecule has 0 heteroatoms. The summed E-state index contributed by atoms with van der Waals surface area (Å²) in [6.07, 6.45) is 12.8. The minimum atomic E-state index is 0.553. The molecule has 2 unspecified atom stereocenters. The molecule has 0 spiro atoms. The smallest absolute Gasteiger partial charge is 0.00828 e. The molecular formula is C18H30. The first-order chi connectivity index (χ1) is 8.42. The van der Waals surface area contributed by atoms with Gasteiger partial charge in [0.15, 0.2) is 0 Å². The molecule has 3 aliphatic carbocycles. The van der Waals surface area contributed by atoms with Gasteiger partial charge in [0.25, 0.3) is 0 Å². The average molecular weight is 246 g/mol. The van der Waals surface area contributed by atoms with Crippen LogP contribution in [0.3, 0.4) is 0 Å². The third kappa shape index (κ3) is 1.87. The van der Waals surface area contributed by atoms with Crippen molar-refractivity contribution in [1.29, 1.82) is 0 Å². The SMILES string of the molecule is C[C@H]1CCC[C@@]2(C)C3=CCC(C)(C)CC3CCC12. The van der Waals surface area contributed by atoms with Crippen molar-refractivity contribution in [1.82, 2.24) is 0 Å². The molecule has 0 aromatic heterocycles. The van der Waals surface area contributed by atoms with Gasteiger partial charge in [-0.1, -0.05) is 52.2 Å². The molecule has 0 nitrogen and oxygen atoms in total. The first-order valence-electron chi connectivity index (χ1n) is 8.13. The van der Waals surface area contributed by atoms with Gasteiger partial charge in [-0.2, -0.15) is 0 Å². The second kappa shape index (κ2) is 4.12. The lowest BCUT2D eigenvalue weighted by Gasteiger charge is -2.55. The summed E-state index contributed by atoms with van der Waals surface area (Å²) in [5.41, 5.74) is 3.00. The predicted octanol–water partition coefficient (Wildman–Crippen LogP) is 5.59.